The second-order valence-corrected chi connectivity index (χ2v) is 7.24. The van der Waals surface area contributed by atoms with Crippen LogP contribution in [0.5, 0.6) is 0 Å². The van der Waals surface area contributed by atoms with Gasteiger partial charge in [0.05, 0.1) is 6.10 Å². The first-order valence-corrected chi connectivity index (χ1v) is 9.31. The molecule has 0 aliphatic heterocycles. The summed E-state index contributed by atoms with van der Waals surface area (Å²) >= 11 is 0. The van der Waals surface area contributed by atoms with Gasteiger partial charge in [-0.25, -0.2) is 0 Å². The minimum absolute atomic E-state index is 0.286. The molecule has 0 saturated carbocycles. The molecule has 0 bridgehead atoms. The van der Waals surface area contributed by atoms with E-state index in [2.05, 4.69) is 78.9 Å². The van der Waals surface area contributed by atoms with Crippen LogP contribution in [0.25, 0.3) is 6.08 Å². The number of rotatable bonds is 4. The van der Waals surface area contributed by atoms with E-state index in [1.54, 1.807) is 0 Å². The number of hydrogen-bond donors (Lipinski definition) is 1. The van der Waals surface area contributed by atoms with Crippen molar-refractivity contribution < 1.29 is 5.11 Å². The molecule has 0 radical (unpaired) electrons. The quantitative estimate of drug-likeness (QED) is 0.654. The van der Waals surface area contributed by atoms with E-state index in [1.807, 2.05) is 18.2 Å². The van der Waals surface area contributed by atoms with Crippen LogP contribution in [0.15, 0.2) is 91.0 Å². The lowest BCUT2D eigenvalue weighted by molar-refractivity contribution is 0.0423. The molecule has 1 N–H and O–H groups in total. The molecule has 130 valence electrons. The number of benzene rings is 3. The Labute approximate surface area is 155 Å². The van der Waals surface area contributed by atoms with Crippen molar-refractivity contribution in [3.05, 3.63) is 113 Å². The van der Waals surface area contributed by atoms with Crippen molar-refractivity contribution in [1.82, 2.24) is 0 Å². The predicted molar refractivity (Wildman–Crippen MR) is 108 cm³/mol. The van der Waals surface area contributed by atoms with Crippen molar-refractivity contribution in [3.8, 4) is 0 Å². The Hall–Kier alpha value is -2.64. The van der Waals surface area contributed by atoms with Crippen molar-refractivity contribution in [2.45, 2.75) is 25.4 Å². The maximum atomic E-state index is 11.4. The van der Waals surface area contributed by atoms with E-state index in [0.717, 1.165) is 24.8 Å². The molecular formula is C25H24O. The Morgan fingerprint density at radius 1 is 0.846 bits per heavy atom. The maximum Gasteiger partial charge on any atom is 0.0886 e. The zero-order valence-electron chi connectivity index (χ0n) is 14.9. The van der Waals surface area contributed by atoms with Crippen LogP contribution in [0.4, 0.5) is 0 Å². The highest BCUT2D eigenvalue weighted by molar-refractivity contribution is 5.51. The maximum absolute atomic E-state index is 11.4. The second-order valence-electron chi connectivity index (χ2n) is 7.24. The summed E-state index contributed by atoms with van der Waals surface area (Å²) in [7, 11) is 0. The monoisotopic (exact) mass is 340 g/mol. The Balaban J connectivity index is 1.74. The van der Waals surface area contributed by atoms with E-state index in [1.165, 1.54) is 16.7 Å². The normalized spacial score (nSPS) is 22.3. The van der Waals surface area contributed by atoms with Crippen LogP contribution < -0.4 is 0 Å². The minimum Gasteiger partial charge on any atom is -0.387 e. The van der Waals surface area contributed by atoms with Crippen LogP contribution in [0.3, 0.4) is 0 Å². The summed E-state index contributed by atoms with van der Waals surface area (Å²) in [6.07, 6.45) is 6.71. The molecule has 0 fully saturated rings. The van der Waals surface area contributed by atoms with Gasteiger partial charge in [-0.3, -0.25) is 0 Å². The fraction of sp³-hybridized carbons (Fsp3) is 0.200. The lowest BCUT2D eigenvalue weighted by atomic mass is 9.66. The summed E-state index contributed by atoms with van der Waals surface area (Å²) in [5.41, 5.74) is 4.50. The smallest absolute Gasteiger partial charge is 0.0886 e. The molecule has 26 heavy (non-hydrogen) atoms. The molecule has 0 aromatic heterocycles. The molecule has 0 heterocycles. The molecule has 0 saturated heterocycles. The molecule has 1 aliphatic rings. The van der Waals surface area contributed by atoms with Crippen LogP contribution in [0.2, 0.25) is 0 Å². The molecule has 0 spiro atoms. The highest BCUT2D eigenvalue weighted by atomic mass is 16.3. The van der Waals surface area contributed by atoms with Crippen LogP contribution in [-0.2, 0) is 12.8 Å². The van der Waals surface area contributed by atoms with Gasteiger partial charge >= 0.3 is 0 Å². The summed E-state index contributed by atoms with van der Waals surface area (Å²) < 4.78 is 0. The topological polar surface area (TPSA) is 20.2 Å². The van der Waals surface area contributed by atoms with Gasteiger partial charge in [0, 0.05) is 5.41 Å². The van der Waals surface area contributed by atoms with Gasteiger partial charge in [0.2, 0.25) is 0 Å². The zero-order chi connectivity index (χ0) is 17.8. The first-order chi connectivity index (χ1) is 12.8. The summed E-state index contributed by atoms with van der Waals surface area (Å²) in [5.74, 6) is 0. The van der Waals surface area contributed by atoms with Crippen molar-refractivity contribution in [3.63, 3.8) is 0 Å². The Morgan fingerprint density at radius 3 is 2.27 bits per heavy atom. The van der Waals surface area contributed by atoms with Crippen molar-refractivity contribution in [1.29, 1.82) is 0 Å². The van der Waals surface area contributed by atoms with E-state index in [4.69, 9.17) is 0 Å². The van der Waals surface area contributed by atoms with Gasteiger partial charge in [-0.1, -0.05) is 97.1 Å². The third kappa shape index (κ3) is 3.36. The van der Waals surface area contributed by atoms with E-state index < -0.39 is 6.10 Å². The highest BCUT2D eigenvalue weighted by Gasteiger charge is 2.40. The van der Waals surface area contributed by atoms with E-state index >= 15 is 0 Å². The third-order valence-corrected chi connectivity index (χ3v) is 5.54. The molecule has 2 unspecified atom stereocenters. The molecule has 3 aromatic carbocycles. The number of aliphatic hydroxyl groups is 1. The van der Waals surface area contributed by atoms with Crippen LogP contribution in [-0.4, -0.2) is 5.11 Å². The number of aryl methyl sites for hydroxylation is 1. The van der Waals surface area contributed by atoms with Gasteiger partial charge in [-0.15, -0.1) is 0 Å². The fourth-order valence-electron chi connectivity index (χ4n) is 4.06. The Bertz CT molecular complexity index is 882. The highest BCUT2D eigenvalue weighted by Crippen LogP contribution is 2.47. The molecule has 2 atom stereocenters. The van der Waals surface area contributed by atoms with Crippen LogP contribution >= 0.6 is 0 Å². The van der Waals surface area contributed by atoms with Gasteiger partial charge in [0.15, 0.2) is 0 Å². The minimum atomic E-state index is -0.493. The average molecular weight is 340 g/mol. The Kier molecular flexibility index (Phi) is 4.73. The summed E-state index contributed by atoms with van der Waals surface area (Å²) in [5, 5.41) is 11.4. The van der Waals surface area contributed by atoms with Crippen molar-refractivity contribution in [2.75, 3.05) is 0 Å². The third-order valence-electron chi connectivity index (χ3n) is 5.54. The lowest BCUT2D eigenvalue weighted by Crippen LogP contribution is -2.34. The summed E-state index contributed by atoms with van der Waals surface area (Å²) in [4.78, 5) is 0. The zero-order valence-corrected chi connectivity index (χ0v) is 14.9. The van der Waals surface area contributed by atoms with Gasteiger partial charge in [-0.05, 0) is 41.5 Å². The largest absolute Gasteiger partial charge is 0.387 e. The molecular weight excluding hydrogens is 316 g/mol. The number of fused-ring (bicyclic) bond motifs is 1. The summed E-state index contributed by atoms with van der Waals surface area (Å²) in [6.45, 7) is 0. The lowest BCUT2D eigenvalue weighted by Gasteiger charge is -2.41. The molecule has 1 aliphatic carbocycles. The standard InChI is InChI=1S/C25H24O/c26-24-23-14-8-7-13-22(23)16-18-25(24,19-21-11-5-2-6-12-21)17-15-20-9-3-1-4-10-20/h1-15,17,24,26H,16,18-19H2/b17-15+. The average Bonchev–Trinajstić information content (AvgIpc) is 2.71. The van der Waals surface area contributed by atoms with E-state index in [9.17, 15) is 5.11 Å². The van der Waals surface area contributed by atoms with Gasteiger partial charge < -0.3 is 5.11 Å². The van der Waals surface area contributed by atoms with E-state index in [0.29, 0.717) is 0 Å². The van der Waals surface area contributed by atoms with Crippen molar-refractivity contribution >= 4 is 6.08 Å². The fourth-order valence-corrected chi connectivity index (χ4v) is 4.06. The molecule has 4 rings (SSSR count). The Morgan fingerprint density at radius 2 is 1.50 bits per heavy atom. The molecule has 1 nitrogen and oxygen atoms in total. The molecule has 3 aromatic rings. The number of hydrogen-bond acceptors (Lipinski definition) is 1. The SMILES string of the molecule is OC1c2ccccc2CCC1(/C=C/c1ccccc1)Cc1ccccc1. The van der Waals surface area contributed by atoms with Gasteiger partial charge in [0.25, 0.3) is 0 Å². The molecule has 0 amide bonds. The van der Waals surface area contributed by atoms with Gasteiger partial charge in [0.1, 0.15) is 0 Å². The summed E-state index contributed by atoms with van der Waals surface area (Å²) in [6, 6.07) is 29.2. The predicted octanol–water partition coefficient (Wildman–Crippen LogP) is 5.61. The van der Waals surface area contributed by atoms with Crippen molar-refractivity contribution in [2.24, 2.45) is 5.41 Å². The first-order valence-electron chi connectivity index (χ1n) is 9.31. The second kappa shape index (κ2) is 7.31. The van der Waals surface area contributed by atoms with Crippen LogP contribution in [0.1, 0.15) is 34.8 Å². The van der Waals surface area contributed by atoms with Crippen LogP contribution in [0, 0.1) is 5.41 Å². The number of aliphatic hydroxyl groups excluding tert-OH is 1. The first kappa shape index (κ1) is 16.8. The molecule has 1 heteroatoms. The van der Waals surface area contributed by atoms with Gasteiger partial charge in [-0.2, -0.15) is 0 Å². The van der Waals surface area contributed by atoms with E-state index in [-0.39, 0.29) is 5.41 Å².